The van der Waals surface area contributed by atoms with Crippen LogP contribution >= 0.6 is 19.6 Å². The van der Waals surface area contributed by atoms with Crippen molar-refractivity contribution in [2.45, 2.75) is 46.4 Å². The number of aromatic nitrogens is 2. The molecule has 4 atom stereocenters. The van der Waals surface area contributed by atoms with Gasteiger partial charge in [-0.15, -0.1) is 0 Å². The van der Waals surface area contributed by atoms with E-state index in [2.05, 4.69) is 4.98 Å². The molecule has 0 amide bonds. The van der Waals surface area contributed by atoms with E-state index >= 15 is 0 Å². The third-order valence-electron chi connectivity index (χ3n) is 4.19. The molecule has 1 fully saturated rings. The molecule has 1 unspecified atom stereocenters. The van der Waals surface area contributed by atoms with Gasteiger partial charge in [0.2, 0.25) is 0 Å². The Balaban J connectivity index is 1.79. The fourth-order valence-electron chi connectivity index (χ4n) is 2.70. The van der Waals surface area contributed by atoms with Gasteiger partial charge in [-0.1, -0.05) is 39.5 Å². The number of hydrogen-bond acceptors (Lipinski definition) is 9. The predicted octanol–water partition coefficient (Wildman–Crippen LogP) is 2.19. The second-order valence-corrected chi connectivity index (χ2v) is 10.4. The number of nitrogen functional groups attached to an aromatic ring is 1. The van der Waals surface area contributed by atoms with Crippen LogP contribution in [0.3, 0.4) is 0 Å². The van der Waals surface area contributed by atoms with Crippen molar-refractivity contribution in [3.63, 3.8) is 0 Å². The van der Waals surface area contributed by atoms with Gasteiger partial charge in [-0.3, -0.25) is 18.4 Å². The molecule has 0 aliphatic carbocycles. The van der Waals surface area contributed by atoms with Gasteiger partial charge in [0.1, 0.15) is 12.0 Å². The average Bonchev–Trinajstić information content (AvgIpc) is 2.97. The van der Waals surface area contributed by atoms with E-state index in [0.717, 1.165) is 11.8 Å². The van der Waals surface area contributed by atoms with Gasteiger partial charge in [0.15, 0.2) is 5.12 Å². The van der Waals surface area contributed by atoms with E-state index in [9.17, 15) is 19.0 Å². The van der Waals surface area contributed by atoms with E-state index in [-0.39, 0.29) is 35.8 Å². The Morgan fingerprint density at radius 3 is 2.79 bits per heavy atom. The monoisotopic (exact) mass is 449 g/mol. The van der Waals surface area contributed by atoms with Crippen LogP contribution < -0.4 is 11.4 Å². The Bertz CT molecular complexity index is 826. The number of rotatable bonds is 8. The molecule has 0 saturated carbocycles. The highest BCUT2D eigenvalue weighted by molar-refractivity contribution is 8.13. The lowest BCUT2D eigenvalue weighted by Gasteiger charge is -2.19. The topological polar surface area (TPSA) is 143 Å². The molecule has 29 heavy (non-hydrogen) atoms. The molecule has 1 aliphatic rings. The minimum atomic E-state index is -4.28. The fraction of sp³-hybridized carbons (Fsp3) is 0.706. The Hall–Kier alpha value is -1.23. The minimum Gasteiger partial charge on any atom is -0.383 e. The molecule has 1 aliphatic heterocycles. The quantitative estimate of drug-likeness (QED) is 0.448. The smallest absolute Gasteiger partial charge is 0.383 e. The van der Waals surface area contributed by atoms with Gasteiger partial charge >= 0.3 is 13.5 Å². The zero-order valence-corrected chi connectivity index (χ0v) is 18.7. The van der Waals surface area contributed by atoms with Gasteiger partial charge in [-0.2, -0.15) is 4.98 Å². The van der Waals surface area contributed by atoms with Crippen molar-refractivity contribution in [1.82, 2.24) is 9.55 Å². The summed E-state index contributed by atoms with van der Waals surface area (Å²) in [7, 11) is -4.28. The van der Waals surface area contributed by atoms with Crippen LogP contribution in [-0.4, -0.2) is 44.6 Å². The first-order chi connectivity index (χ1) is 13.4. The molecule has 0 bridgehead atoms. The van der Waals surface area contributed by atoms with Crippen LogP contribution in [0.1, 0.15) is 40.3 Å². The van der Waals surface area contributed by atoms with Crippen molar-refractivity contribution in [2.75, 3.05) is 24.7 Å². The highest BCUT2D eigenvalue weighted by Gasteiger charge is 2.36. The number of hydrogen-bond donors (Lipinski definition) is 2. The van der Waals surface area contributed by atoms with Crippen LogP contribution in [0.4, 0.5) is 5.82 Å². The number of carbonyl (C=O) groups is 1. The summed E-state index contributed by atoms with van der Waals surface area (Å²) < 4.78 is 29.1. The Morgan fingerprint density at radius 1 is 1.48 bits per heavy atom. The first-order valence-corrected chi connectivity index (χ1v) is 11.7. The first-order valence-electron chi connectivity index (χ1n) is 9.18. The maximum atomic E-state index is 12.0. The van der Waals surface area contributed by atoms with E-state index in [0.29, 0.717) is 6.42 Å². The van der Waals surface area contributed by atoms with Gasteiger partial charge in [0.05, 0.1) is 19.3 Å². The standard InChI is InChI=1S/C17H28N3O7PS/c1-11-9-12(27-14(11)20-6-5-13(18)19-16(20)22)10-26-28(23,24)25-7-8-29-15(21)17(2,3)4/h5-6,11-12,14H,7-10H2,1-4H3,(H,23,24)(H2,18,19,22)/t11-,12-,14+/m0/s1. The molecule has 2 heterocycles. The number of thioether (sulfide) groups is 1. The molecular formula is C17H28N3O7PS. The number of nitrogens with two attached hydrogens (primary N) is 1. The molecular weight excluding hydrogens is 421 g/mol. The Labute approximate surface area is 173 Å². The maximum Gasteiger partial charge on any atom is 0.472 e. The Morgan fingerprint density at radius 2 is 2.17 bits per heavy atom. The summed E-state index contributed by atoms with van der Waals surface area (Å²) in [6.07, 6.45) is 0.978. The third-order valence-corrected chi connectivity index (χ3v) is 6.42. The molecule has 10 nitrogen and oxygen atoms in total. The number of phosphoric acid groups is 1. The van der Waals surface area contributed by atoms with Crippen molar-refractivity contribution in [1.29, 1.82) is 0 Å². The third kappa shape index (κ3) is 7.20. The van der Waals surface area contributed by atoms with Crippen LogP contribution in [0.25, 0.3) is 0 Å². The lowest BCUT2D eigenvalue weighted by Crippen LogP contribution is -2.29. The zero-order chi connectivity index (χ0) is 21.8. The number of phosphoric ester groups is 1. The van der Waals surface area contributed by atoms with Gasteiger partial charge in [0, 0.05) is 23.3 Å². The van der Waals surface area contributed by atoms with Crippen LogP contribution in [0.15, 0.2) is 17.1 Å². The number of nitrogens with zero attached hydrogens (tertiary/aromatic N) is 2. The van der Waals surface area contributed by atoms with Gasteiger partial charge in [-0.05, 0) is 12.5 Å². The largest absolute Gasteiger partial charge is 0.472 e. The van der Waals surface area contributed by atoms with Crippen molar-refractivity contribution >= 4 is 30.5 Å². The van der Waals surface area contributed by atoms with Gasteiger partial charge in [-0.25, -0.2) is 9.36 Å². The molecule has 1 saturated heterocycles. The molecule has 3 N–H and O–H groups in total. The number of carbonyl (C=O) groups excluding carboxylic acids is 1. The van der Waals surface area contributed by atoms with Gasteiger partial charge < -0.3 is 15.4 Å². The SMILES string of the molecule is C[C@H]1C[C@@H](COP(=O)(O)OCCSC(=O)C(C)(C)C)O[C@H]1n1ccc(N)nc1=O. The molecule has 1 aromatic rings. The molecule has 0 radical (unpaired) electrons. The summed E-state index contributed by atoms with van der Waals surface area (Å²) in [6.45, 7) is 7.03. The van der Waals surface area contributed by atoms with E-state index in [1.54, 1.807) is 20.8 Å². The molecule has 0 spiro atoms. The van der Waals surface area contributed by atoms with Crippen LogP contribution in [0.5, 0.6) is 0 Å². The summed E-state index contributed by atoms with van der Waals surface area (Å²) in [5.41, 5.74) is 4.48. The minimum absolute atomic E-state index is 0.0263. The van der Waals surface area contributed by atoms with E-state index in [1.807, 2.05) is 6.92 Å². The lowest BCUT2D eigenvalue weighted by molar-refractivity contribution is -0.117. The van der Waals surface area contributed by atoms with E-state index in [1.165, 1.54) is 16.8 Å². The molecule has 1 aromatic heterocycles. The zero-order valence-electron chi connectivity index (χ0n) is 16.9. The van der Waals surface area contributed by atoms with Crippen LogP contribution in [-0.2, 0) is 23.1 Å². The first kappa shape index (κ1) is 24.0. The predicted molar refractivity (Wildman–Crippen MR) is 109 cm³/mol. The second-order valence-electron chi connectivity index (χ2n) is 7.89. The van der Waals surface area contributed by atoms with Crippen molar-refractivity contribution in [3.8, 4) is 0 Å². The maximum absolute atomic E-state index is 12.0. The summed E-state index contributed by atoms with van der Waals surface area (Å²) in [6, 6.07) is 1.50. The highest BCUT2D eigenvalue weighted by Crippen LogP contribution is 2.45. The molecule has 0 aromatic carbocycles. The van der Waals surface area contributed by atoms with E-state index in [4.69, 9.17) is 19.5 Å². The fourth-order valence-corrected chi connectivity index (χ4v) is 4.36. The van der Waals surface area contributed by atoms with Crippen molar-refractivity contribution < 1.29 is 28.0 Å². The molecule has 2 rings (SSSR count). The number of anilines is 1. The summed E-state index contributed by atoms with van der Waals surface area (Å²) in [4.78, 5) is 37.3. The second kappa shape index (κ2) is 9.72. The lowest BCUT2D eigenvalue weighted by atomic mass is 10.00. The van der Waals surface area contributed by atoms with Crippen molar-refractivity contribution in [3.05, 3.63) is 22.7 Å². The van der Waals surface area contributed by atoms with Crippen LogP contribution in [0.2, 0.25) is 0 Å². The van der Waals surface area contributed by atoms with Gasteiger partial charge in [0.25, 0.3) is 0 Å². The summed E-state index contributed by atoms with van der Waals surface area (Å²) >= 11 is 1.04. The normalized spacial score (nSPS) is 24.4. The average molecular weight is 449 g/mol. The number of ether oxygens (including phenoxy) is 1. The van der Waals surface area contributed by atoms with E-state index < -0.39 is 31.3 Å². The highest BCUT2D eigenvalue weighted by atomic mass is 32.2. The van der Waals surface area contributed by atoms with Crippen molar-refractivity contribution in [2.24, 2.45) is 11.3 Å². The van der Waals surface area contributed by atoms with Crippen LogP contribution in [0, 0.1) is 11.3 Å². The summed E-state index contributed by atoms with van der Waals surface area (Å²) in [5.74, 6) is 0.332. The summed E-state index contributed by atoms with van der Waals surface area (Å²) in [5, 5.41) is -0.0263. The molecule has 164 valence electrons. The Kier molecular flexibility index (Phi) is 8.06. The molecule has 12 heteroatoms.